The Labute approximate surface area is 178 Å². The van der Waals surface area contributed by atoms with E-state index < -0.39 is 0 Å². The number of benzene rings is 1. The van der Waals surface area contributed by atoms with Crippen LogP contribution in [0, 0.1) is 0 Å². The zero-order valence-electron chi connectivity index (χ0n) is 17.1. The summed E-state index contributed by atoms with van der Waals surface area (Å²) in [5.41, 5.74) is 3.79. The highest BCUT2D eigenvalue weighted by atomic mass is 32.1. The summed E-state index contributed by atoms with van der Waals surface area (Å²) in [6, 6.07) is 5.97. The number of thiophene rings is 1. The average Bonchev–Trinajstić information content (AvgIpc) is 3.33. The summed E-state index contributed by atoms with van der Waals surface area (Å²) in [6.07, 6.45) is 1.88. The van der Waals surface area contributed by atoms with Crippen LogP contribution in [0.4, 0.5) is 5.00 Å². The molecule has 0 atom stereocenters. The molecule has 0 saturated heterocycles. The fraction of sp³-hybridized carbons (Fsp3) is 0.409. The van der Waals surface area contributed by atoms with Crippen molar-refractivity contribution in [1.29, 1.82) is 0 Å². The quantitative estimate of drug-likeness (QED) is 0.737. The maximum atomic E-state index is 13.0. The summed E-state index contributed by atoms with van der Waals surface area (Å²) in [5, 5.41) is 0.701. The Morgan fingerprint density at radius 3 is 2.83 bits per heavy atom. The molecule has 3 aliphatic rings. The highest BCUT2D eigenvalue weighted by Gasteiger charge is 2.36. The third-order valence-electron chi connectivity index (χ3n) is 6.11. The minimum Gasteiger partial charge on any atom is -0.493 e. The molecule has 7 nitrogen and oxygen atoms in total. The van der Waals surface area contributed by atoms with Crippen molar-refractivity contribution in [2.75, 3.05) is 38.7 Å². The Balaban J connectivity index is 1.37. The van der Waals surface area contributed by atoms with Crippen molar-refractivity contribution >= 4 is 34.1 Å². The van der Waals surface area contributed by atoms with Gasteiger partial charge in [0.05, 0.1) is 25.1 Å². The first-order chi connectivity index (χ1) is 14.4. The molecule has 1 aromatic heterocycles. The van der Waals surface area contributed by atoms with Crippen molar-refractivity contribution in [3.05, 3.63) is 45.3 Å². The molecule has 1 aromatic carbocycles. The molecule has 0 fully saturated rings. The van der Waals surface area contributed by atoms with Gasteiger partial charge in [-0.15, -0.1) is 11.3 Å². The van der Waals surface area contributed by atoms with E-state index in [-0.39, 0.29) is 24.3 Å². The van der Waals surface area contributed by atoms with Gasteiger partial charge >= 0.3 is 0 Å². The molecule has 0 aliphatic carbocycles. The van der Waals surface area contributed by atoms with Crippen LogP contribution in [-0.2, 0) is 35.4 Å². The van der Waals surface area contributed by atoms with Gasteiger partial charge in [-0.25, -0.2) is 0 Å². The second-order valence-electron chi connectivity index (χ2n) is 8.08. The van der Waals surface area contributed by atoms with Gasteiger partial charge in [0.15, 0.2) is 0 Å². The number of hydrogen-bond donors (Lipinski definition) is 0. The molecule has 0 radical (unpaired) electrons. The predicted octanol–water partition coefficient (Wildman–Crippen LogP) is 1.86. The van der Waals surface area contributed by atoms with Crippen molar-refractivity contribution < 1.29 is 19.1 Å². The SMILES string of the molecule is CN1CC(=O)N(C)c2sc3c(c2C1=O)CCN(C(=O)Cc1ccc2c(c1)CCO2)C3. The fourth-order valence-electron chi connectivity index (χ4n) is 4.38. The molecule has 156 valence electrons. The Morgan fingerprint density at radius 2 is 2.00 bits per heavy atom. The molecule has 0 unspecified atom stereocenters. The zero-order valence-corrected chi connectivity index (χ0v) is 17.9. The standard InChI is InChI=1S/C22H23N3O4S/c1-23-12-19(27)24(2)22-20(21(23)28)15-5-7-25(11-17(15)30-22)18(26)10-13-3-4-16-14(9-13)6-8-29-16/h3-4,9H,5-8,10-12H2,1-2H3. The number of amides is 3. The van der Waals surface area contributed by atoms with Crippen LogP contribution in [0.15, 0.2) is 18.2 Å². The van der Waals surface area contributed by atoms with Gasteiger partial charge in [0.2, 0.25) is 11.8 Å². The van der Waals surface area contributed by atoms with Crippen LogP contribution >= 0.6 is 11.3 Å². The Bertz CT molecular complexity index is 1080. The maximum Gasteiger partial charge on any atom is 0.257 e. The first-order valence-electron chi connectivity index (χ1n) is 10.1. The lowest BCUT2D eigenvalue weighted by Crippen LogP contribution is -2.37. The summed E-state index contributed by atoms with van der Waals surface area (Å²) >= 11 is 1.46. The van der Waals surface area contributed by atoms with E-state index in [9.17, 15) is 14.4 Å². The van der Waals surface area contributed by atoms with Crippen LogP contribution in [0.2, 0.25) is 0 Å². The van der Waals surface area contributed by atoms with Gasteiger partial charge in [0.1, 0.15) is 17.3 Å². The molecule has 2 aromatic rings. The van der Waals surface area contributed by atoms with E-state index in [1.165, 1.54) is 21.8 Å². The van der Waals surface area contributed by atoms with Crippen LogP contribution in [0.1, 0.15) is 31.9 Å². The fourth-order valence-corrected chi connectivity index (χ4v) is 5.71. The summed E-state index contributed by atoms with van der Waals surface area (Å²) < 4.78 is 5.54. The van der Waals surface area contributed by atoms with Crippen molar-refractivity contribution in [1.82, 2.24) is 9.80 Å². The molecule has 0 bridgehead atoms. The smallest absolute Gasteiger partial charge is 0.257 e. The lowest BCUT2D eigenvalue weighted by molar-refractivity contribution is -0.131. The van der Waals surface area contributed by atoms with E-state index in [2.05, 4.69) is 6.07 Å². The second-order valence-corrected chi connectivity index (χ2v) is 9.16. The third kappa shape index (κ3) is 3.06. The van der Waals surface area contributed by atoms with Gasteiger partial charge in [0, 0.05) is 31.9 Å². The molecule has 0 N–H and O–H groups in total. The van der Waals surface area contributed by atoms with E-state index in [0.29, 0.717) is 43.1 Å². The Hall–Kier alpha value is -2.87. The lowest BCUT2D eigenvalue weighted by Gasteiger charge is -2.27. The number of carbonyl (C=O) groups is 3. The normalized spacial score (nSPS) is 18.0. The second kappa shape index (κ2) is 7.12. The number of fused-ring (bicyclic) bond motifs is 4. The lowest BCUT2D eigenvalue weighted by atomic mass is 10.0. The zero-order chi connectivity index (χ0) is 21.0. The van der Waals surface area contributed by atoms with Gasteiger partial charge in [-0.3, -0.25) is 14.4 Å². The molecule has 3 amide bonds. The third-order valence-corrected chi connectivity index (χ3v) is 7.41. The molecule has 3 aliphatic heterocycles. The molecular weight excluding hydrogens is 402 g/mol. The summed E-state index contributed by atoms with van der Waals surface area (Å²) in [6.45, 7) is 1.86. The molecule has 8 heteroatoms. The monoisotopic (exact) mass is 425 g/mol. The molecule has 0 spiro atoms. The predicted molar refractivity (Wildman–Crippen MR) is 113 cm³/mol. The number of hydrogen-bond acceptors (Lipinski definition) is 5. The number of rotatable bonds is 2. The number of likely N-dealkylation sites (N-methyl/N-ethyl adjacent to an activating group) is 2. The number of carbonyl (C=O) groups excluding carboxylic acids is 3. The topological polar surface area (TPSA) is 70.2 Å². The van der Waals surface area contributed by atoms with Crippen LogP contribution in [0.3, 0.4) is 0 Å². The van der Waals surface area contributed by atoms with Gasteiger partial charge < -0.3 is 19.4 Å². The van der Waals surface area contributed by atoms with Crippen molar-refractivity contribution in [2.24, 2.45) is 0 Å². The van der Waals surface area contributed by atoms with Gasteiger partial charge in [-0.05, 0) is 29.2 Å². The van der Waals surface area contributed by atoms with Gasteiger partial charge in [-0.1, -0.05) is 12.1 Å². The van der Waals surface area contributed by atoms with Crippen molar-refractivity contribution in [3.8, 4) is 5.75 Å². The summed E-state index contributed by atoms with van der Waals surface area (Å²) in [5.74, 6) is 0.787. The van der Waals surface area contributed by atoms with Gasteiger partial charge in [-0.2, -0.15) is 0 Å². The minimum absolute atomic E-state index is 0.0796. The highest BCUT2D eigenvalue weighted by molar-refractivity contribution is 7.17. The van der Waals surface area contributed by atoms with E-state index in [1.54, 1.807) is 19.0 Å². The maximum absolute atomic E-state index is 13.0. The largest absolute Gasteiger partial charge is 0.493 e. The summed E-state index contributed by atoms with van der Waals surface area (Å²) in [7, 11) is 3.38. The van der Waals surface area contributed by atoms with Crippen LogP contribution < -0.4 is 9.64 Å². The van der Waals surface area contributed by atoms with E-state index in [0.717, 1.165) is 28.2 Å². The highest BCUT2D eigenvalue weighted by Crippen LogP contribution is 2.40. The van der Waals surface area contributed by atoms with E-state index in [1.807, 2.05) is 17.0 Å². The van der Waals surface area contributed by atoms with E-state index >= 15 is 0 Å². The molecule has 0 saturated carbocycles. The van der Waals surface area contributed by atoms with Crippen LogP contribution in [-0.4, -0.2) is 61.3 Å². The van der Waals surface area contributed by atoms with Gasteiger partial charge in [0.25, 0.3) is 5.91 Å². The minimum atomic E-state index is -0.111. The molecule has 5 rings (SSSR count). The molecule has 4 heterocycles. The number of ether oxygens (including phenoxy) is 1. The average molecular weight is 426 g/mol. The summed E-state index contributed by atoms with van der Waals surface area (Å²) in [4.78, 5) is 44.1. The number of nitrogens with zero attached hydrogens (tertiary/aromatic N) is 3. The van der Waals surface area contributed by atoms with Crippen molar-refractivity contribution in [3.63, 3.8) is 0 Å². The first kappa shape index (κ1) is 19.1. The van der Waals surface area contributed by atoms with E-state index in [4.69, 9.17) is 4.74 Å². The number of anilines is 1. The first-order valence-corrected chi connectivity index (χ1v) is 10.9. The van der Waals surface area contributed by atoms with Crippen LogP contribution in [0.5, 0.6) is 5.75 Å². The van der Waals surface area contributed by atoms with Crippen molar-refractivity contribution in [2.45, 2.75) is 25.8 Å². The Kier molecular flexibility index (Phi) is 4.54. The molecular formula is C22H23N3O4S. The Morgan fingerprint density at radius 1 is 1.17 bits per heavy atom. The molecule has 30 heavy (non-hydrogen) atoms. The van der Waals surface area contributed by atoms with Crippen LogP contribution in [0.25, 0.3) is 0 Å².